The van der Waals surface area contributed by atoms with Gasteiger partial charge in [0.15, 0.2) is 0 Å². The Labute approximate surface area is 105 Å². The molecule has 0 radical (unpaired) electrons. The molecule has 1 saturated heterocycles. The van der Waals surface area contributed by atoms with E-state index in [0.717, 1.165) is 26.1 Å². The number of benzene rings is 1. The van der Waals surface area contributed by atoms with Crippen LogP contribution in [0.5, 0.6) is 0 Å². The SMILES string of the molecule is NNC(CC1CCOC1)c1cc(F)ccc1Cl. The van der Waals surface area contributed by atoms with Crippen LogP contribution in [-0.4, -0.2) is 13.2 Å². The summed E-state index contributed by atoms with van der Waals surface area (Å²) in [6.07, 6.45) is 1.82. The van der Waals surface area contributed by atoms with Crippen molar-refractivity contribution in [3.63, 3.8) is 0 Å². The third-order valence-electron chi connectivity index (χ3n) is 3.13. The molecule has 0 aromatic heterocycles. The van der Waals surface area contributed by atoms with Crippen LogP contribution in [-0.2, 0) is 4.74 Å². The van der Waals surface area contributed by atoms with Crippen LogP contribution in [0.15, 0.2) is 18.2 Å². The van der Waals surface area contributed by atoms with Gasteiger partial charge in [0.1, 0.15) is 5.82 Å². The highest BCUT2D eigenvalue weighted by molar-refractivity contribution is 6.31. The summed E-state index contributed by atoms with van der Waals surface area (Å²) in [6.45, 7) is 1.53. The van der Waals surface area contributed by atoms with Gasteiger partial charge in [0.25, 0.3) is 0 Å². The van der Waals surface area contributed by atoms with Crippen LogP contribution in [0.25, 0.3) is 0 Å². The fourth-order valence-electron chi connectivity index (χ4n) is 2.17. The van der Waals surface area contributed by atoms with E-state index in [1.165, 1.54) is 12.1 Å². The molecule has 17 heavy (non-hydrogen) atoms. The Kier molecular flexibility index (Phi) is 4.34. The highest BCUT2D eigenvalue weighted by atomic mass is 35.5. The molecule has 2 rings (SSSR count). The monoisotopic (exact) mass is 258 g/mol. The highest BCUT2D eigenvalue weighted by Crippen LogP contribution is 2.30. The summed E-state index contributed by atoms with van der Waals surface area (Å²) >= 11 is 6.06. The molecule has 0 bridgehead atoms. The van der Waals surface area contributed by atoms with E-state index in [1.54, 1.807) is 6.07 Å². The molecule has 1 aromatic carbocycles. The molecule has 5 heteroatoms. The van der Waals surface area contributed by atoms with Crippen molar-refractivity contribution in [3.8, 4) is 0 Å². The van der Waals surface area contributed by atoms with E-state index < -0.39 is 0 Å². The van der Waals surface area contributed by atoms with Crippen molar-refractivity contribution in [1.29, 1.82) is 0 Å². The molecule has 0 spiro atoms. The lowest BCUT2D eigenvalue weighted by Crippen LogP contribution is -2.30. The highest BCUT2D eigenvalue weighted by Gasteiger charge is 2.22. The number of hydrogen-bond acceptors (Lipinski definition) is 3. The predicted octanol–water partition coefficient (Wildman–Crippen LogP) is 2.41. The van der Waals surface area contributed by atoms with Gasteiger partial charge in [-0.15, -0.1) is 0 Å². The van der Waals surface area contributed by atoms with Crippen molar-refractivity contribution in [2.24, 2.45) is 11.8 Å². The maximum atomic E-state index is 13.2. The number of nitrogens with two attached hydrogens (primary N) is 1. The second kappa shape index (κ2) is 5.78. The Hall–Kier alpha value is -0.680. The van der Waals surface area contributed by atoms with Crippen LogP contribution >= 0.6 is 11.6 Å². The number of ether oxygens (including phenoxy) is 1. The lowest BCUT2D eigenvalue weighted by atomic mass is 9.94. The van der Waals surface area contributed by atoms with E-state index in [9.17, 15) is 4.39 Å². The smallest absolute Gasteiger partial charge is 0.123 e. The molecular weight excluding hydrogens is 243 g/mol. The lowest BCUT2D eigenvalue weighted by molar-refractivity contribution is 0.181. The quantitative estimate of drug-likeness (QED) is 0.644. The maximum Gasteiger partial charge on any atom is 0.123 e. The maximum absolute atomic E-state index is 13.2. The average Bonchev–Trinajstić information content (AvgIpc) is 2.82. The number of hydrogen-bond donors (Lipinski definition) is 2. The molecule has 1 fully saturated rings. The van der Waals surface area contributed by atoms with Crippen molar-refractivity contribution in [2.45, 2.75) is 18.9 Å². The van der Waals surface area contributed by atoms with E-state index in [2.05, 4.69) is 5.43 Å². The van der Waals surface area contributed by atoms with E-state index in [4.69, 9.17) is 22.2 Å². The van der Waals surface area contributed by atoms with Gasteiger partial charge in [-0.25, -0.2) is 4.39 Å². The van der Waals surface area contributed by atoms with Crippen molar-refractivity contribution in [1.82, 2.24) is 5.43 Å². The molecule has 2 unspecified atom stereocenters. The van der Waals surface area contributed by atoms with Crippen LogP contribution in [0.3, 0.4) is 0 Å². The van der Waals surface area contributed by atoms with Gasteiger partial charge in [0.05, 0.1) is 0 Å². The number of halogens is 2. The van der Waals surface area contributed by atoms with Gasteiger partial charge in [0.2, 0.25) is 0 Å². The molecule has 1 aliphatic rings. The first-order valence-corrected chi connectivity index (χ1v) is 6.07. The van der Waals surface area contributed by atoms with Crippen LogP contribution in [0.4, 0.5) is 4.39 Å². The van der Waals surface area contributed by atoms with Crippen LogP contribution in [0, 0.1) is 11.7 Å². The summed E-state index contributed by atoms with van der Waals surface area (Å²) in [5.74, 6) is 5.69. The summed E-state index contributed by atoms with van der Waals surface area (Å²) in [5.41, 5.74) is 3.42. The van der Waals surface area contributed by atoms with Gasteiger partial charge in [0, 0.05) is 24.3 Å². The summed E-state index contributed by atoms with van der Waals surface area (Å²) in [5, 5.41) is 0.535. The van der Waals surface area contributed by atoms with Crippen molar-refractivity contribution >= 4 is 11.6 Å². The zero-order valence-electron chi connectivity index (χ0n) is 9.46. The van der Waals surface area contributed by atoms with Gasteiger partial charge in [-0.1, -0.05) is 11.6 Å². The van der Waals surface area contributed by atoms with Gasteiger partial charge in [-0.05, 0) is 42.5 Å². The standard InChI is InChI=1S/C12H16ClFN2O/c13-11-2-1-9(14)6-10(11)12(16-15)5-8-3-4-17-7-8/h1-2,6,8,12,16H,3-5,7,15H2. The fourth-order valence-corrected chi connectivity index (χ4v) is 2.42. The fraction of sp³-hybridized carbons (Fsp3) is 0.500. The van der Waals surface area contributed by atoms with Crippen molar-refractivity contribution in [2.75, 3.05) is 13.2 Å². The normalized spacial score (nSPS) is 21.7. The Morgan fingerprint density at radius 2 is 2.41 bits per heavy atom. The molecule has 3 N–H and O–H groups in total. The van der Waals surface area contributed by atoms with E-state index >= 15 is 0 Å². The molecule has 0 amide bonds. The summed E-state index contributed by atoms with van der Waals surface area (Å²) in [6, 6.07) is 4.20. The average molecular weight is 259 g/mol. The zero-order valence-corrected chi connectivity index (χ0v) is 10.2. The van der Waals surface area contributed by atoms with E-state index in [1.807, 2.05) is 0 Å². The Morgan fingerprint density at radius 1 is 1.59 bits per heavy atom. The number of hydrazine groups is 1. The third-order valence-corrected chi connectivity index (χ3v) is 3.47. The minimum absolute atomic E-state index is 0.134. The Bertz CT molecular complexity index is 383. The van der Waals surface area contributed by atoms with Crippen molar-refractivity contribution in [3.05, 3.63) is 34.6 Å². The first-order chi connectivity index (χ1) is 8.20. The molecule has 0 aliphatic carbocycles. The summed E-state index contributed by atoms with van der Waals surface area (Å²) < 4.78 is 18.5. The first kappa shape index (κ1) is 12.8. The third kappa shape index (κ3) is 3.16. The second-order valence-corrected chi connectivity index (χ2v) is 4.76. The first-order valence-electron chi connectivity index (χ1n) is 5.69. The number of nitrogens with one attached hydrogen (secondary N) is 1. The van der Waals surface area contributed by atoms with Crippen LogP contribution in [0.2, 0.25) is 5.02 Å². The molecule has 94 valence electrons. The van der Waals surface area contributed by atoms with Gasteiger partial charge >= 0.3 is 0 Å². The van der Waals surface area contributed by atoms with Gasteiger partial charge < -0.3 is 4.74 Å². The largest absolute Gasteiger partial charge is 0.381 e. The molecule has 1 heterocycles. The molecular formula is C12H16ClFN2O. The molecule has 1 aromatic rings. The molecule has 2 atom stereocenters. The number of rotatable bonds is 4. The Morgan fingerprint density at radius 3 is 3.06 bits per heavy atom. The summed E-state index contributed by atoms with van der Waals surface area (Å²) in [7, 11) is 0. The zero-order chi connectivity index (χ0) is 12.3. The molecule has 1 aliphatic heterocycles. The second-order valence-electron chi connectivity index (χ2n) is 4.35. The lowest BCUT2D eigenvalue weighted by Gasteiger charge is -2.20. The van der Waals surface area contributed by atoms with Crippen LogP contribution in [0.1, 0.15) is 24.4 Å². The topological polar surface area (TPSA) is 47.3 Å². The molecule has 0 saturated carbocycles. The van der Waals surface area contributed by atoms with E-state index in [0.29, 0.717) is 16.5 Å². The molecule has 3 nitrogen and oxygen atoms in total. The predicted molar refractivity (Wildman–Crippen MR) is 65.0 cm³/mol. The van der Waals surface area contributed by atoms with Crippen molar-refractivity contribution < 1.29 is 9.13 Å². The Balaban J connectivity index is 2.13. The summed E-state index contributed by atoms with van der Waals surface area (Å²) in [4.78, 5) is 0. The van der Waals surface area contributed by atoms with E-state index in [-0.39, 0.29) is 11.9 Å². The minimum Gasteiger partial charge on any atom is -0.381 e. The van der Waals surface area contributed by atoms with Gasteiger partial charge in [-0.3, -0.25) is 11.3 Å². The van der Waals surface area contributed by atoms with Gasteiger partial charge in [-0.2, -0.15) is 0 Å². The van der Waals surface area contributed by atoms with Crippen LogP contribution < -0.4 is 11.3 Å². The minimum atomic E-state index is -0.299.